The van der Waals surface area contributed by atoms with Gasteiger partial charge in [0.05, 0.1) is 21.3 Å². The third-order valence-corrected chi connectivity index (χ3v) is 5.14. The molecular weight excluding hydrogens is 363 g/mol. The summed E-state index contributed by atoms with van der Waals surface area (Å²) in [5.74, 6) is 0.863. The second kappa shape index (κ2) is 7.07. The van der Waals surface area contributed by atoms with Crippen molar-refractivity contribution in [1.82, 2.24) is 9.88 Å². The molecule has 1 N–H and O–H groups in total. The van der Waals surface area contributed by atoms with Crippen molar-refractivity contribution in [3.63, 3.8) is 0 Å². The quantitative estimate of drug-likeness (QED) is 0.748. The fourth-order valence-corrected chi connectivity index (χ4v) is 3.75. The number of carbonyl (C=O) groups excluding carboxylic acids is 1. The van der Waals surface area contributed by atoms with Crippen molar-refractivity contribution < 1.29 is 23.4 Å². The van der Waals surface area contributed by atoms with Crippen LogP contribution in [-0.2, 0) is 13.0 Å². The summed E-state index contributed by atoms with van der Waals surface area (Å²) in [6.07, 6.45) is 0.682. The Hall–Kier alpha value is -3.22. The van der Waals surface area contributed by atoms with E-state index in [2.05, 4.69) is 4.98 Å². The Morgan fingerprint density at radius 1 is 1.07 bits per heavy atom. The molecule has 1 aliphatic rings. The number of carbonyl (C=O) groups is 1. The van der Waals surface area contributed by atoms with Crippen molar-refractivity contribution in [3.05, 3.63) is 53.0 Å². The molecule has 2 aromatic carbocycles. The lowest BCUT2D eigenvalue weighted by molar-refractivity contribution is 0.0734. The molecule has 0 unspecified atom stereocenters. The molecule has 146 valence electrons. The SMILES string of the molecule is COc1cc(C(=O)N2CCc3[nH]c4ccc(F)cc4c3C2)cc(OC)c1OC. The zero-order chi connectivity index (χ0) is 19.8. The van der Waals surface area contributed by atoms with Gasteiger partial charge in [0.2, 0.25) is 5.75 Å². The standard InChI is InChI=1S/C21H21FN2O4/c1-26-18-8-12(9-19(27-2)20(18)28-3)21(25)24-7-6-17-15(11-24)14-10-13(22)4-5-16(14)23-17/h4-5,8-10,23H,6-7,11H2,1-3H3. The highest BCUT2D eigenvalue weighted by Crippen LogP contribution is 2.39. The summed E-state index contributed by atoms with van der Waals surface area (Å²) in [7, 11) is 4.54. The van der Waals surface area contributed by atoms with E-state index in [1.54, 1.807) is 23.1 Å². The highest BCUT2D eigenvalue weighted by molar-refractivity contribution is 5.96. The molecule has 0 spiro atoms. The van der Waals surface area contributed by atoms with E-state index >= 15 is 0 Å². The van der Waals surface area contributed by atoms with Crippen LogP contribution in [0.1, 0.15) is 21.6 Å². The molecule has 7 heteroatoms. The summed E-state index contributed by atoms with van der Waals surface area (Å²) in [6.45, 7) is 0.978. The molecule has 0 saturated carbocycles. The Balaban J connectivity index is 1.69. The number of nitrogens with zero attached hydrogens (tertiary/aromatic N) is 1. The second-order valence-corrected chi connectivity index (χ2v) is 6.66. The average molecular weight is 384 g/mol. The molecule has 0 bridgehead atoms. The number of H-pyrrole nitrogens is 1. The average Bonchev–Trinajstić information content (AvgIpc) is 3.09. The zero-order valence-electron chi connectivity index (χ0n) is 16.0. The number of ether oxygens (including phenoxy) is 3. The van der Waals surface area contributed by atoms with Crippen molar-refractivity contribution >= 4 is 16.8 Å². The van der Waals surface area contributed by atoms with Gasteiger partial charge in [-0.3, -0.25) is 4.79 Å². The molecule has 2 heterocycles. The van der Waals surface area contributed by atoms with Gasteiger partial charge in [0.15, 0.2) is 11.5 Å². The fourth-order valence-electron chi connectivity index (χ4n) is 3.75. The first-order valence-electron chi connectivity index (χ1n) is 8.94. The van der Waals surface area contributed by atoms with Gasteiger partial charge in [-0.05, 0) is 30.3 Å². The Morgan fingerprint density at radius 2 is 1.79 bits per heavy atom. The van der Waals surface area contributed by atoms with Gasteiger partial charge in [0, 0.05) is 47.2 Å². The molecule has 0 fully saturated rings. The van der Waals surface area contributed by atoms with E-state index in [0.717, 1.165) is 22.2 Å². The maximum atomic E-state index is 13.7. The van der Waals surface area contributed by atoms with E-state index in [-0.39, 0.29) is 11.7 Å². The van der Waals surface area contributed by atoms with Crippen molar-refractivity contribution in [2.75, 3.05) is 27.9 Å². The van der Waals surface area contributed by atoms with Gasteiger partial charge < -0.3 is 24.1 Å². The highest BCUT2D eigenvalue weighted by Gasteiger charge is 2.26. The van der Waals surface area contributed by atoms with Crippen LogP contribution >= 0.6 is 0 Å². The number of methoxy groups -OCH3 is 3. The number of fused-ring (bicyclic) bond motifs is 3. The summed E-state index contributed by atoms with van der Waals surface area (Å²) in [6, 6.07) is 7.97. The van der Waals surface area contributed by atoms with Crippen LogP contribution in [0.2, 0.25) is 0 Å². The van der Waals surface area contributed by atoms with E-state index in [1.165, 1.54) is 33.5 Å². The van der Waals surface area contributed by atoms with Crippen LogP contribution in [0, 0.1) is 5.82 Å². The third-order valence-electron chi connectivity index (χ3n) is 5.14. The minimum Gasteiger partial charge on any atom is -0.493 e. The summed E-state index contributed by atoms with van der Waals surface area (Å²) in [5.41, 5.74) is 3.34. The molecule has 1 amide bonds. The van der Waals surface area contributed by atoms with E-state index < -0.39 is 0 Å². The number of hydrogen-bond donors (Lipinski definition) is 1. The summed E-state index contributed by atoms with van der Waals surface area (Å²) in [4.78, 5) is 18.2. The maximum absolute atomic E-state index is 13.7. The van der Waals surface area contributed by atoms with Crippen LogP contribution in [0.15, 0.2) is 30.3 Å². The first-order valence-corrected chi connectivity index (χ1v) is 8.94. The molecule has 3 aromatic rings. The molecular formula is C21H21FN2O4. The van der Waals surface area contributed by atoms with Crippen LogP contribution in [0.5, 0.6) is 17.2 Å². The van der Waals surface area contributed by atoms with E-state index in [4.69, 9.17) is 14.2 Å². The lowest BCUT2D eigenvalue weighted by atomic mass is 10.0. The molecule has 28 heavy (non-hydrogen) atoms. The Morgan fingerprint density at radius 3 is 2.43 bits per heavy atom. The monoisotopic (exact) mass is 384 g/mol. The highest BCUT2D eigenvalue weighted by atomic mass is 19.1. The van der Waals surface area contributed by atoms with Gasteiger partial charge in [-0.1, -0.05) is 0 Å². The Bertz CT molecular complexity index is 1030. The maximum Gasteiger partial charge on any atom is 0.254 e. The predicted octanol–water partition coefficient (Wildman–Crippen LogP) is 3.53. The molecule has 0 saturated heterocycles. The number of hydrogen-bond acceptors (Lipinski definition) is 4. The number of amides is 1. The number of nitrogens with one attached hydrogen (secondary N) is 1. The number of aromatic nitrogens is 1. The molecule has 6 nitrogen and oxygen atoms in total. The van der Waals surface area contributed by atoms with Crippen molar-refractivity contribution in [1.29, 1.82) is 0 Å². The van der Waals surface area contributed by atoms with Crippen LogP contribution < -0.4 is 14.2 Å². The first-order chi connectivity index (χ1) is 13.5. The van der Waals surface area contributed by atoms with Crippen molar-refractivity contribution in [3.8, 4) is 17.2 Å². The van der Waals surface area contributed by atoms with Gasteiger partial charge in [-0.15, -0.1) is 0 Å². The number of rotatable bonds is 4. The normalized spacial score (nSPS) is 13.4. The summed E-state index contributed by atoms with van der Waals surface area (Å²) >= 11 is 0. The molecule has 0 atom stereocenters. The van der Waals surface area contributed by atoms with Crippen LogP contribution in [-0.4, -0.2) is 43.7 Å². The Labute approximate surface area is 161 Å². The molecule has 4 rings (SSSR count). The number of halogens is 1. The molecule has 0 radical (unpaired) electrons. The lowest BCUT2D eigenvalue weighted by Gasteiger charge is -2.28. The first kappa shape index (κ1) is 18.2. The van der Waals surface area contributed by atoms with Gasteiger partial charge in [-0.25, -0.2) is 4.39 Å². The van der Waals surface area contributed by atoms with Crippen LogP contribution in [0.25, 0.3) is 10.9 Å². The molecule has 0 aliphatic carbocycles. The largest absolute Gasteiger partial charge is 0.493 e. The van der Waals surface area contributed by atoms with Crippen LogP contribution in [0.3, 0.4) is 0 Å². The molecule has 1 aromatic heterocycles. The van der Waals surface area contributed by atoms with Crippen LogP contribution in [0.4, 0.5) is 4.39 Å². The van der Waals surface area contributed by atoms with E-state index in [9.17, 15) is 9.18 Å². The van der Waals surface area contributed by atoms with Gasteiger partial charge in [-0.2, -0.15) is 0 Å². The number of benzene rings is 2. The van der Waals surface area contributed by atoms with Crippen molar-refractivity contribution in [2.45, 2.75) is 13.0 Å². The van der Waals surface area contributed by atoms with Gasteiger partial charge >= 0.3 is 0 Å². The summed E-state index contributed by atoms with van der Waals surface area (Å²) < 4.78 is 29.7. The zero-order valence-corrected chi connectivity index (χ0v) is 16.0. The van der Waals surface area contributed by atoms with E-state index in [0.29, 0.717) is 42.3 Å². The summed E-state index contributed by atoms with van der Waals surface area (Å²) in [5, 5.41) is 0.817. The van der Waals surface area contributed by atoms with E-state index in [1.807, 2.05) is 0 Å². The van der Waals surface area contributed by atoms with Gasteiger partial charge in [0.25, 0.3) is 5.91 Å². The predicted molar refractivity (Wildman–Crippen MR) is 103 cm³/mol. The van der Waals surface area contributed by atoms with Gasteiger partial charge in [0.1, 0.15) is 5.82 Å². The fraction of sp³-hybridized carbons (Fsp3) is 0.286. The smallest absolute Gasteiger partial charge is 0.254 e. The topological polar surface area (TPSA) is 63.8 Å². The lowest BCUT2D eigenvalue weighted by Crippen LogP contribution is -2.35. The van der Waals surface area contributed by atoms with Crippen molar-refractivity contribution in [2.24, 2.45) is 0 Å². The second-order valence-electron chi connectivity index (χ2n) is 6.66. The minimum absolute atomic E-state index is 0.143. The third kappa shape index (κ3) is 2.93. The molecule has 1 aliphatic heterocycles. The number of aromatic amines is 1. The Kier molecular flexibility index (Phi) is 4.58. The minimum atomic E-state index is -0.289.